The molecule has 0 saturated carbocycles. The number of carbonyl (C=O) groups excluding carboxylic acids is 4. The molecule has 5 atom stereocenters. The number of aliphatic hydroxyl groups is 1. The lowest BCUT2D eigenvalue weighted by molar-refractivity contribution is -0.161. The van der Waals surface area contributed by atoms with E-state index < -0.39 is 97.5 Å². The van der Waals surface area contributed by atoms with Gasteiger partial charge >= 0.3 is 39.5 Å². The Kier molecular flexibility index (Phi) is 76.3. The van der Waals surface area contributed by atoms with Gasteiger partial charge in [-0.2, -0.15) is 0 Å². The second-order valence-corrected chi connectivity index (χ2v) is 30.6. The molecule has 5 unspecified atom stereocenters. The Bertz CT molecular complexity index is 2610. The Morgan fingerprint density at radius 3 is 0.815 bits per heavy atom. The summed E-state index contributed by atoms with van der Waals surface area (Å²) >= 11 is 0. The van der Waals surface area contributed by atoms with Gasteiger partial charge in [-0.1, -0.05) is 321 Å². The smallest absolute Gasteiger partial charge is 0.462 e. The number of rotatable bonds is 78. The molecular weight excluding hydrogens is 1400 g/mol. The normalized spacial score (nSPS) is 14.5. The molecule has 0 aromatic rings. The lowest BCUT2D eigenvalue weighted by Crippen LogP contribution is -2.30. The maximum atomic E-state index is 13.1. The first-order valence-corrected chi connectivity index (χ1v) is 45.1. The molecule has 0 aromatic carbocycles. The van der Waals surface area contributed by atoms with Crippen LogP contribution in [0.25, 0.3) is 0 Å². The van der Waals surface area contributed by atoms with Gasteiger partial charge in [-0.3, -0.25) is 37.3 Å². The largest absolute Gasteiger partial charge is 0.472 e. The fourth-order valence-corrected chi connectivity index (χ4v) is 12.6. The van der Waals surface area contributed by atoms with Crippen molar-refractivity contribution in [3.05, 3.63) is 146 Å². The average molecular weight is 1550 g/mol. The van der Waals surface area contributed by atoms with E-state index >= 15 is 0 Å². The minimum atomic E-state index is -5.00. The topological polar surface area (TPSA) is 237 Å². The fraction of sp³-hybridized carbons (Fsp3) is 0.685. The molecule has 3 N–H and O–H groups in total. The van der Waals surface area contributed by atoms with Crippen LogP contribution in [0, 0.1) is 0 Å². The first kappa shape index (κ1) is 103. The van der Waals surface area contributed by atoms with E-state index in [1.54, 1.807) is 0 Å². The predicted octanol–water partition coefficient (Wildman–Crippen LogP) is 25.0. The van der Waals surface area contributed by atoms with E-state index in [-0.39, 0.29) is 25.7 Å². The van der Waals surface area contributed by atoms with Crippen molar-refractivity contribution < 1.29 is 80.2 Å². The van der Waals surface area contributed by atoms with E-state index in [0.717, 1.165) is 167 Å². The standard InChI is InChI=1S/C89H150O17P2/c1-5-9-13-17-21-25-29-33-37-39-41-43-47-49-53-57-61-65-69-73-86(91)99-79-84(105-88(93)75-71-67-63-59-55-51-45-35-31-27-23-19-15-11-7-3)81-103-107(95,96)101-77-83(90)78-102-108(97,98)104-82-85(106-89(94)76-72-68-64-60-56-52-46-36-32-28-24-20-16-12-8-4)80-100-87(92)74-70-66-62-58-54-50-48-44-42-40-38-34-30-26-22-18-14-10-6-2/h9-10,13-14,21-23,25-27,33-35,37-38,41-45,50,54,62,66,83-85,90H,5-8,11-12,15-20,24,28-32,36,39-40,46-49,51-53,55-61,63-65,67-82H2,1-4H3,(H,95,96)(H,97,98)/b13-9-,14-10-,25-21-,26-22-,27-23-,37-33-,38-34-,43-41-,44-42-,45-35-,54-50-,66-62-. The molecule has 0 radical (unpaired) electrons. The maximum Gasteiger partial charge on any atom is 0.472 e. The van der Waals surface area contributed by atoms with Crippen molar-refractivity contribution in [1.29, 1.82) is 0 Å². The Hall–Kier alpha value is -5.06. The van der Waals surface area contributed by atoms with Gasteiger partial charge < -0.3 is 33.8 Å². The van der Waals surface area contributed by atoms with Crippen LogP contribution in [0.3, 0.4) is 0 Å². The molecule has 17 nitrogen and oxygen atoms in total. The number of carbonyl (C=O) groups is 4. The van der Waals surface area contributed by atoms with Crippen molar-refractivity contribution in [2.75, 3.05) is 39.6 Å². The van der Waals surface area contributed by atoms with E-state index in [9.17, 15) is 43.2 Å². The number of esters is 4. The van der Waals surface area contributed by atoms with Crippen LogP contribution in [0.2, 0.25) is 0 Å². The molecule has 0 rings (SSSR count). The van der Waals surface area contributed by atoms with Gasteiger partial charge in [0.05, 0.1) is 26.4 Å². The van der Waals surface area contributed by atoms with Gasteiger partial charge in [0.1, 0.15) is 19.3 Å². The number of unbranched alkanes of at least 4 members (excludes halogenated alkanes) is 28. The molecule has 0 aromatic heterocycles. The Balaban J connectivity index is 5.44. The maximum absolute atomic E-state index is 13.1. The Labute approximate surface area is 656 Å². The van der Waals surface area contributed by atoms with Crippen LogP contribution in [0.1, 0.15) is 336 Å². The highest BCUT2D eigenvalue weighted by molar-refractivity contribution is 7.47. The van der Waals surface area contributed by atoms with Crippen LogP contribution in [-0.2, 0) is 65.4 Å². The number of hydrogen-bond acceptors (Lipinski definition) is 15. The number of phosphoric ester groups is 2. The van der Waals surface area contributed by atoms with Crippen molar-refractivity contribution in [3.63, 3.8) is 0 Å². The van der Waals surface area contributed by atoms with Gasteiger partial charge in [-0.15, -0.1) is 0 Å². The van der Waals surface area contributed by atoms with Crippen LogP contribution < -0.4 is 0 Å². The van der Waals surface area contributed by atoms with Gasteiger partial charge in [-0.25, -0.2) is 9.13 Å². The monoisotopic (exact) mass is 1550 g/mol. The molecule has 0 aliphatic rings. The van der Waals surface area contributed by atoms with Gasteiger partial charge in [0.2, 0.25) is 0 Å². The third-order valence-corrected chi connectivity index (χ3v) is 19.2. The van der Waals surface area contributed by atoms with Crippen molar-refractivity contribution in [2.24, 2.45) is 0 Å². The molecular formula is C89H150O17P2. The predicted molar refractivity (Wildman–Crippen MR) is 445 cm³/mol. The van der Waals surface area contributed by atoms with Crippen LogP contribution >= 0.6 is 15.6 Å². The molecule has 618 valence electrons. The number of allylic oxidation sites excluding steroid dienone is 24. The zero-order chi connectivity index (χ0) is 78.9. The number of ether oxygens (including phenoxy) is 4. The molecule has 0 heterocycles. The minimum Gasteiger partial charge on any atom is -0.462 e. The Morgan fingerprint density at radius 2 is 0.500 bits per heavy atom. The summed E-state index contributed by atoms with van der Waals surface area (Å²) in [5, 5.41) is 10.7. The zero-order valence-electron chi connectivity index (χ0n) is 67.7. The number of hydrogen-bond donors (Lipinski definition) is 3. The van der Waals surface area contributed by atoms with Gasteiger partial charge in [0.25, 0.3) is 0 Å². The van der Waals surface area contributed by atoms with Crippen LogP contribution in [0.5, 0.6) is 0 Å². The molecule has 0 saturated heterocycles. The molecule has 0 bridgehead atoms. The third-order valence-electron chi connectivity index (χ3n) is 17.3. The van der Waals surface area contributed by atoms with E-state index in [0.29, 0.717) is 32.1 Å². The summed E-state index contributed by atoms with van der Waals surface area (Å²) in [6, 6.07) is 0. The quantitative estimate of drug-likeness (QED) is 0.0169. The van der Waals surface area contributed by atoms with E-state index in [1.807, 2.05) is 18.2 Å². The van der Waals surface area contributed by atoms with Crippen molar-refractivity contribution in [2.45, 2.75) is 354 Å². The highest BCUT2D eigenvalue weighted by Gasteiger charge is 2.30. The molecule has 19 heteroatoms. The third kappa shape index (κ3) is 79.0. The zero-order valence-corrected chi connectivity index (χ0v) is 69.5. The molecule has 108 heavy (non-hydrogen) atoms. The van der Waals surface area contributed by atoms with E-state index in [2.05, 4.69) is 155 Å². The van der Waals surface area contributed by atoms with Gasteiger partial charge in [-0.05, 0) is 135 Å². The summed E-state index contributed by atoms with van der Waals surface area (Å²) in [5.74, 6) is -2.30. The highest BCUT2D eigenvalue weighted by Crippen LogP contribution is 2.45. The first-order valence-electron chi connectivity index (χ1n) is 42.1. The van der Waals surface area contributed by atoms with E-state index in [4.69, 9.17) is 37.0 Å². The number of aliphatic hydroxyl groups excluding tert-OH is 1. The second kappa shape index (κ2) is 80.0. The Morgan fingerprint density at radius 1 is 0.269 bits per heavy atom. The van der Waals surface area contributed by atoms with Crippen LogP contribution in [0.4, 0.5) is 0 Å². The molecule has 0 aliphatic heterocycles. The fourth-order valence-electron chi connectivity index (χ4n) is 11.0. The average Bonchev–Trinajstić information content (AvgIpc) is 0.923. The second-order valence-electron chi connectivity index (χ2n) is 27.7. The highest BCUT2D eigenvalue weighted by atomic mass is 31.2. The van der Waals surface area contributed by atoms with Crippen molar-refractivity contribution in [3.8, 4) is 0 Å². The summed E-state index contributed by atoms with van der Waals surface area (Å²) in [6.07, 6.45) is 92.5. The summed E-state index contributed by atoms with van der Waals surface area (Å²) in [7, 11) is -10.00. The first-order chi connectivity index (χ1) is 52.7. The molecule has 0 spiro atoms. The van der Waals surface area contributed by atoms with Gasteiger partial charge in [0.15, 0.2) is 12.2 Å². The van der Waals surface area contributed by atoms with Crippen LogP contribution in [-0.4, -0.2) is 96.7 Å². The lowest BCUT2D eigenvalue weighted by atomic mass is 10.0. The lowest BCUT2D eigenvalue weighted by Gasteiger charge is -2.21. The van der Waals surface area contributed by atoms with E-state index in [1.165, 1.54) is 83.5 Å². The van der Waals surface area contributed by atoms with Crippen molar-refractivity contribution in [1.82, 2.24) is 0 Å². The van der Waals surface area contributed by atoms with Crippen LogP contribution in [0.15, 0.2) is 146 Å². The van der Waals surface area contributed by atoms with Gasteiger partial charge in [0, 0.05) is 25.7 Å². The minimum absolute atomic E-state index is 0.0347. The summed E-state index contributed by atoms with van der Waals surface area (Å²) in [5.41, 5.74) is 0. The molecule has 0 fully saturated rings. The van der Waals surface area contributed by atoms with Crippen molar-refractivity contribution >= 4 is 39.5 Å². The SMILES string of the molecule is CC/C=C\C/C=C\C/C=C\C/C=C\C/C=C\C/C=C\CCC(=O)OCC(COP(=O)(O)OCC(O)COP(=O)(O)OCC(COC(=O)CCCCCCCC/C=C\C/C=C\C/C=C\C/C=C\CC)OC(=O)CCCCCCC/C=C\C/C=C\CCCCC)OC(=O)CCCCCCCCCCCCCCCCC. The molecule has 0 amide bonds. The summed E-state index contributed by atoms with van der Waals surface area (Å²) in [6.45, 7) is 4.54. The summed E-state index contributed by atoms with van der Waals surface area (Å²) < 4.78 is 68.7. The molecule has 0 aliphatic carbocycles. The number of phosphoric acid groups is 2. The summed E-state index contributed by atoms with van der Waals surface area (Å²) in [4.78, 5) is 73.2.